The molecule has 0 radical (unpaired) electrons. The molecule has 4 N–H and O–H groups in total. The van der Waals surface area contributed by atoms with Crippen molar-refractivity contribution in [2.45, 2.75) is 181 Å². The third-order valence-electron chi connectivity index (χ3n) is 8.70. The minimum Gasteiger partial charge on any atom is -0.462 e. The third-order valence-corrected chi connectivity index (χ3v) is 10.1. The lowest BCUT2D eigenvalue weighted by Gasteiger charge is -2.20. The van der Waals surface area contributed by atoms with Gasteiger partial charge in [-0.1, -0.05) is 143 Å². The van der Waals surface area contributed by atoms with Crippen molar-refractivity contribution in [2.75, 3.05) is 26.4 Å². The van der Waals surface area contributed by atoms with E-state index >= 15 is 0 Å². The Hall–Kier alpha value is -0.880. The molecule has 0 bridgehead atoms. The van der Waals surface area contributed by atoms with Crippen LogP contribution in [-0.2, 0) is 41.8 Å². The van der Waals surface area contributed by atoms with Gasteiger partial charge in [-0.05, 0) is 24.7 Å². The van der Waals surface area contributed by atoms with Gasteiger partial charge in [-0.2, -0.15) is 0 Å². The van der Waals surface area contributed by atoms with E-state index in [-0.39, 0.29) is 19.4 Å². The molecule has 0 fully saturated rings. The number of carbonyl (C=O) groups excluding carboxylic acids is 2. The number of carbonyl (C=O) groups is 2. The predicted molar refractivity (Wildman–Crippen MR) is 198 cm³/mol. The van der Waals surface area contributed by atoms with Crippen LogP contribution < -0.4 is 0 Å². The average molecular weight is 775 g/mol. The fraction of sp³-hybridized carbons (Fsp3) is 0.944. The molecule has 0 amide bonds. The van der Waals surface area contributed by atoms with Crippen LogP contribution in [0.5, 0.6) is 0 Å². The summed E-state index contributed by atoms with van der Waals surface area (Å²) in [6.07, 6.45) is 19.9. The first-order chi connectivity index (χ1) is 24.1. The van der Waals surface area contributed by atoms with Gasteiger partial charge >= 0.3 is 27.6 Å². The van der Waals surface area contributed by atoms with Crippen LogP contribution in [0.3, 0.4) is 0 Å². The molecule has 0 heterocycles. The molecule has 15 heteroatoms. The molecule has 2 unspecified atom stereocenters. The standard InChI is InChI=1S/C36H72O13P2/c1-5-32(4)24-20-16-12-8-6-7-9-13-18-22-26-36(39)49-34(30-48-51(43,44)47-28-33(37)27-46-50(40,41)42)29-45-35(38)25-21-17-14-10-11-15-19-23-31(2)3/h31-34,37H,5-30H2,1-4H3,(H,43,44)(H2,40,41,42)/t32?,33-,34+/m0/s1. The van der Waals surface area contributed by atoms with Crippen molar-refractivity contribution in [3.8, 4) is 0 Å². The molecule has 0 aromatic heterocycles. The van der Waals surface area contributed by atoms with Crippen molar-refractivity contribution >= 4 is 27.6 Å². The minimum atomic E-state index is -4.85. The van der Waals surface area contributed by atoms with Gasteiger partial charge in [0.05, 0.1) is 19.8 Å². The van der Waals surface area contributed by atoms with Gasteiger partial charge in [-0.15, -0.1) is 0 Å². The van der Waals surface area contributed by atoms with Crippen LogP contribution in [0.1, 0.15) is 169 Å². The summed E-state index contributed by atoms with van der Waals surface area (Å²) < 4.78 is 47.6. The monoisotopic (exact) mass is 774 g/mol. The van der Waals surface area contributed by atoms with E-state index in [1.807, 2.05) is 0 Å². The van der Waals surface area contributed by atoms with E-state index in [9.17, 15) is 28.7 Å². The Labute approximate surface area is 308 Å². The molecule has 0 spiro atoms. The maximum atomic E-state index is 12.6. The summed E-state index contributed by atoms with van der Waals surface area (Å²) in [6.45, 7) is 6.33. The molecule has 0 aliphatic rings. The molecule has 0 rings (SSSR count). The zero-order valence-electron chi connectivity index (χ0n) is 32.1. The lowest BCUT2D eigenvalue weighted by molar-refractivity contribution is -0.161. The number of esters is 2. The first kappa shape index (κ1) is 50.1. The molecule has 0 aliphatic heterocycles. The Morgan fingerprint density at radius 2 is 1.00 bits per heavy atom. The van der Waals surface area contributed by atoms with Crippen LogP contribution in [-0.4, -0.2) is 70.4 Å². The number of rotatable bonds is 36. The molecule has 0 saturated carbocycles. The summed E-state index contributed by atoms with van der Waals surface area (Å²) in [4.78, 5) is 52.4. The van der Waals surface area contributed by atoms with Gasteiger partial charge in [0.15, 0.2) is 6.10 Å². The van der Waals surface area contributed by atoms with Crippen LogP contribution in [0, 0.1) is 11.8 Å². The molecule has 13 nitrogen and oxygen atoms in total. The molecule has 0 aromatic carbocycles. The fourth-order valence-corrected chi connectivity index (χ4v) is 6.49. The highest BCUT2D eigenvalue weighted by atomic mass is 31.2. The Morgan fingerprint density at radius 3 is 1.49 bits per heavy atom. The zero-order valence-corrected chi connectivity index (χ0v) is 33.8. The van der Waals surface area contributed by atoms with Gasteiger partial charge in [0, 0.05) is 12.8 Å². The van der Waals surface area contributed by atoms with Gasteiger partial charge in [0.2, 0.25) is 0 Å². The number of hydrogen-bond donors (Lipinski definition) is 4. The van der Waals surface area contributed by atoms with Crippen LogP contribution in [0.4, 0.5) is 0 Å². The number of unbranched alkanes of at least 4 members (excludes halogenated alkanes) is 15. The highest BCUT2D eigenvalue weighted by Gasteiger charge is 2.28. The molecule has 0 saturated heterocycles. The maximum absolute atomic E-state index is 12.6. The van der Waals surface area contributed by atoms with Crippen molar-refractivity contribution in [1.29, 1.82) is 0 Å². The molecule has 4 atom stereocenters. The Bertz CT molecular complexity index is 959. The zero-order chi connectivity index (χ0) is 38.4. The Balaban J connectivity index is 4.57. The topological polar surface area (TPSA) is 195 Å². The molecular weight excluding hydrogens is 702 g/mol. The first-order valence-corrected chi connectivity index (χ1v) is 22.5. The number of phosphoric ester groups is 2. The normalized spacial score (nSPS) is 15.0. The summed E-state index contributed by atoms with van der Waals surface area (Å²) in [5.74, 6) is 0.520. The maximum Gasteiger partial charge on any atom is 0.472 e. The summed E-state index contributed by atoms with van der Waals surface area (Å²) in [6, 6.07) is 0. The summed E-state index contributed by atoms with van der Waals surface area (Å²) in [5.41, 5.74) is 0. The van der Waals surface area contributed by atoms with Crippen LogP contribution in [0.15, 0.2) is 0 Å². The SMILES string of the molecule is CCC(C)CCCCCCCCCCCCC(=O)O[C@H](COC(=O)CCCCCCCCCC(C)C)COP(=O)(O)OC[C@@H](O)COP(=O)(O)O. The van der Waals surface area contributed by atoms with Crippen molar-refractivity contribution < 1.29 is 61.6 Å². The van der Waals surface area contributed by atoms with Crippen LogP contribution >= 0.6 is 15.6 Å². The van der Waals surface area contributed by atoms with E-state index in [1.165, 1.54) is 77.0 Å². The third kappa shape index (κ3) is 35.9. The van der Waals surface area contributed by atoms with Gasteiger partial charge in [0.25, 0.3) is 0 Å². The lowest BCUT2D eigenvalue weighted by atomic mass is 9.99. The van der Waals surface area contributed by atoms with Crippen LogP contribution in [0.25, 0.3) is 0 Å². The first-order valence-electron chi connectivity index (χ1n) is 19.5. The highest BCUT2D eigenvalue weighted by molar-refractivity contribution is 7.47. The summed E-state index contributed by atoms with van der Waals surface area (Å²) >= 11 is 0. The smallest absolute Gasteiger partial charge is 0.462 e. The number of ether oxygens (including phenoxy) is 2. The van der Waals surface area contributed by atoms with Crippen molar-refractivity contribution in [3.63, 3.8) is 0 Å². The second-order valence-corrected chi connectivity index (χ2v) is 17.0. The average Bonchev–Trinajstić information content (AvgIpc) is 3.06. The van der Waals surface area contributed by atoms with E-state index < -0.39 is 59.6 Å². The summed E-state index contributed by atoms with van der Waals surface area (Å²) in [5, 5.41) is 9.71. The quantitative estimate of drug-likeness (QED) is 0.0268. The highest BCUT2D eigenvalue weighted by Crippen LogP contribution is 2.43. The Kier molecular flexibility index (Phi) is 30.9. The second kappa shape index (κ2) is 31.5. The predicted octanol–water partition coefficient (Wildman–Crippen LogP) is 8.94. The molecule has 304 valence electrons. The van der Waals surface area contributed by atoms with E-state index in [1.54, 1.807) is 0 Å². The molecule has 0 aliphatic carbocycles. The fourth-order valence-electron chi connectivity index (χ4n) is 5.33. The molecule has 51 heavy (non-hydrogen) atoms. The van der Waals surface area contributed by atoms with Gasteiger partial charge in [-0.25, -0.2) is 9.13 Å². The van der Waals surface area contributed by atoms with Crippen molar-refractivity contribution in [3.05, 3.63) is 0 Å². The number of aliphatic hydroxyl groups excluding tert-OH is 1. The van der Waals surface area contributed by atoms with E-state index in [0.29, 0.717) is 12.8 Å². The number of phosphoric acid groups is 2. The number of aliphatic hydroxyl groups is 1. The van der Waals surface area contributed by atoms with E-state index in [4.69, 9.17) is 23.8 Å². The van der Waals surface area contributed by atoms with Gasteiger partial charge in [-0.3, -0.25) is 23.2 Å². The summed E-state index contributed by atoms with van der Waals surface area (Å²) in [7, 11) is -9.64. The molecule has 0 aromatic rings. The number of hydrogen-bond acceptors (Lipinski definition) is 10. The van der Waals surface area contributed by atoms with Crippen molar-refractivity contribution in [2.24, 2.45) is 11.8 Å². The van der Waals surface area contributed by atoms with Gasteiger partial charge in [0.1, 0.15) is 12.7 Å². The Morgan fingerprint density at radius 1 is 0.569 bits per heavy atom. The molecular formula is C36H72O13P2. The van der Waals surface area contributed by atoms with Gasteiger partial charge < -0.3 is 29.3 Å². The van der Waals surface area contributed by atoms with Crippen molar-refractivity contribution in [1.82, 2.24) is 0 Å². The lowest BCUT2D eigenvalue weighted by Crippen LogP contribution is -2.30. The largest absolute Gasteiger partial charge is 0.472 e. The van der Waals surface area contributed by atoms with E-state index in [2.05, 4.69) is 36.7 Å². The minimum absolute atomic E-state index is 0.136. The van der Waals surface area contributed by atoms with E-state index in [0.717, 1.165) is 50.4 Å². The second-order valence-electron chi connectivity index (χ2n) is 14.3. The van der Waals surface area contributed by atoms with Crippen LogP contribution in [0.2, 0.25) is 0 Å².